The van der Waals surface area contributed by atoms with Crippen molar-refractivity contribution >= 4 is 51.8 Å². The van der Waals surface area contributed by atoms with Crippen molar-refractivity contribution in [1.29, 1.82) is 0 Å². The van der Waals surface area contributed by atoms with Gasteiger partial charge in [0.2, 0.25) is 11.8 Å². The summed E-state index contributed by atoms with van der Waals surface area (Å²) in [5.74, 6) is -2.39. The summed E-state index contributed by atoms with van der Waals surface area (Å²) in [7, 11) is 1.25. The molecule has 3 aromatic rings. The number of nitrogens with one attached hydrogen (secondary N) is 2. The maximum Gasteiger partial charge on any atom is 0.320 e. The number of nitrogens with zero attached hydrogens (tertiary/aromatic N) is 2. The molecular weight excluding hydrogens is 588 g/mol. The highest BCUT2D eigenvalue weighted by atomic mass is 16.6. The molecule has 11 heteroatoms. The molecule has 0 aliphatic carbocycles. The molecule has 2 atom stereocenters. The van der Waals surface area contributed by atoms with Gasteiger partial charge >= 0.3 is 11.9 Å². The molecular formula is C35H42N4O7. The van der Waals surface area contributed by atoms with Gasteiger partial charge in [-0.2, -0.15) is 0 Å². The summed E-state index contributed by atoms with van der Waals surface area (Å²) in [6, 6.07) is 17.0. The Morgan fingerprint density at radius 2 is 1.61 bits per heavy atom. The van der Waals surface area contributed by atoms with Gasteiger partial charge in [0.25, 0.3) is 5.91 Å². The molecule has 3 amide bonds. The van der Waals surface area contributed by atoms with Gasteiger partial charge in [0.05, 0.1) is 50.6 Å². The number of hydrogen-bond acceptors (Lipinski definition) is 8. The molecule has 0 radical (unpaired) electrons. The Balaban J connectivity index is 1.68. The Kier molecular flexibility index (Phi) is 10.8. The van der Waals surface area contributed by atoms with E-state index in [0.29, 0.717) is 11.4 Å². The fourth-order valence-electron chi connectivity index (χ4n) is 5.36. The van der Waals surface area contributed by atoms with Gasteiger partial charge in [-0.1, -0.05) is 48.5 Å². The van der Waals surface area contributed by atoms with Gasteiger partial charge in [0.15, 0.2) is 0 Å². The van der Waals surface area contributed by atoms with Gasteiger partial charge in [0, 0.05) is 6.42 Å². The predicted molar refractivity (Wildman–Crippen MR) is 175 cm³/mol. The van der Waals surface area contributed by atoms with Crippen LogP contribution in [0.1, 0.15) is 51.7 Å². The molecule has 0 saturated heterocycles. The first-order chi connectivity index (χ1) is 21.8. The average Bonchev–Trinajstić information content (AvgIpc) is 3.13. The monoisotopic (exact) mass is 630 g/mol. The highest BCUT2D eigenvalue weighted by Gasteiger charge is 2.37. The minimum atomic E-state index is -1.14. The van der Waals surface area contributed by atoms with Crippen molar-refractivity contribution in [1.82, 2.24) is 10.6 Å². The largest absolute Gasteiger partial charge is 0.469 e. The SMILES string of the molecule is COC(=O)CCC(=O)N1C[C@H](NC(=O)[C@H](C)NCC(=O)OC(C)(C)C)C(=O)N(Cc2c(C)ccc3ccccc23)c2ccccc21. The summed E-state index contributed by atoms with van der Waals surface area (Å²) in [6.07, 6.45) is -0.282. The molecule has 0 fully saturated rings. The highest BCUT2D eigenvalue weighted by Crippen LogP contribution is 2.36. The molecule has 1 heterocycles. The van der Waals surface area contributed by atoms with Gasteiger partial charge in [-0.3, -0.25) is 29.3 Å². The number of benzene rings is 3. The third kappa shape index (κ3) is 8.28. The fraction of sp³-hybridized carbons (Fsp3) is 0.400. The van der Waals surface area contributed by atoms with Gasteiger partial charge in [-0.05, 0) is 68.7 Å². The summed E-state index contributed by atoms with van der Waals surface area (Å²) < 4.78 is 10.0. The van der Waals surface area contributed by atoms with Crippen molar-refractivity contribution < 1.29 is 33.4 Å². The lowest BCUT2D eigenvalue weighted by molar-refractivity contribution is -0.153. The number of anilines is 2. The lowest BCUT2D eigenvalue weighted by Crippen LogP contribution is -2.56. The van der Waals surface area contributed by atoms with Gasteiger partial charge in [-0.15, -0.1) is 0 Å². The number of amides is 3. The second-order valence-electron chi connectivity index (χ2n) is 12.3. The van der Waals surface area contributed by atoms with E-state index in [-0.39, 0.29) is 32.5 Å². The van der Waals surface area contributed by atoms with Crippen LogP contribution in [0.15, 0.2) is 60.7 Å². The molecule has 1 aliphatic rings. The molecule has 46 heavy (non-hydrogen) atoms. The molecule has 0 bridgehead atoms. The molecule has 2 N–H and O–H groups in total. The van der Waals surface area contributed by atoms with Crippen LogP contribution in [-0.4, -0.2) is 67.5 Å². The third-order valence-corrected chi connectivity index (χ3v) is 7.74. The quantitative estimate of drug-likeness (QED) is 0.324. The Morgan fingerprint density at radius 3 is 2.30 bits per heavy atom. The molecule has 0 aromatic heterocycles. The Morgan fingerprint density at radius 1 is 0.935 bits per heavy atom. The summed E-state index contributed by atoms with van der Waals surface area (Å²) in [5.41, 5.74) is 2.22. The number of aryl methyl sites for hydroxylation is 1. The Labute approximate surface area is 269 Å². The number of ether oxygens (including phenoxy) is 2. The zero-order valence-electron chi connectivity index (χ0n) is 27.2. The first-order valence-electron chi connectivity index (χ1n) is 15.3. The molecule has 3 aromatic carbocycles. The van der Waals surface area contributed by atoms with E-state index in [1.54, 1.807) is 56.9 Å². The van der Waals surface area contributed by atoms with E-state index in [0.717, 1.165) is 21.9 Å². The third-order valence-electron chi connectivity index (χ3n) is 7.74. The predicted octanol–water partition coefficient (Wildman–Crippen LogP) is 3.79. The number of para-hydroxylation sites is 2. The lowest BCUT2D eigenvalue weighted by Gasteiger charge is -2.27. The van der Waals surface area contributed by atoms with E-state index in [1.165, 1.54) is 12.0 Å². The minimum absolute atomic E-state index is 0.135. The molecule has 0 spiro atoms. The summed E-state index contributed by atoms with van der Waals surface area (Å²) in [4.78, 5) is 68.6. The number of methoxy groups -OCH3 is 1. The lowest BCUT2D eigenvalue weighted by atomic mass is 9.99. The minimum Gasteiger partial charge on any atom is -0.469 e. The van der Waals surface area contributed by atoms with Crippen molar-refractivity contribution in [2.45, 2.75) is 71.7 Å². The van der Waals surface area contributed by atoms with Crippen LogP contribution in [-0.2, 0) is 40.0 Å². The smallest absolute Gasteiger partial charge is 0.320 e. The molecule has 0 unspecified atom stereocenters. The van der Waals surface area contributed by atoms with Crippen LogP contribution in [0.5, 0.6) is 0 Å². The van der Waals surface area contributed by atoms with Crippen LogP contribution in [0.2, 0.25) is 0 Å². The first kappa shape index (κ1) is 34.1. The Bertz CT molecular complexity index is 1630. The maximum absolute atomic E-state index is 14.4. The second kappa shape index (κ2) is 14.6. The maximum atomic E-state index is 14.4. The number of fused-ring (bicyclic) bond motifs is 2. The van der Waals surface area contributed by atoms with E-state index in [4.69, 9.17) is 9.47 Å². The van der Waals surface area contributed by atoms with Crippen molar-refractivity contribution in [2.75, 3.05) is 30.0 Å². The van der Waals surface area contributed by atoms with E-state index in [9.17, 15) is 24.0 Å². The zero-order chi connectivity index (χ0) is 33.6. The van der Waals surface area contributed by atoms with Crippen LogP contribution < -0.4 is 20.4 Å². The van der Waals surface area contributed by atoms with E-state index < -0.39 is 47.3 Å². The van der Waals surface area contributed by atoms with Crippen LogP contribution in [0.25, 0.3) is 10.8 Å². The normalized spacial score (nSPS) is 15.5. The molecule has 11 nitrogen and oxygen atoms in total. The Hall–Kier alpha value is -4.77. The average molecular weight is 631 g/mol. The van der Waals surface area contributed by atoms with Crippen molar-refractivity contribution in [2.24, 2.45) is 0 Å². The van der Waals surface area contributed by atoms with Crippen LogP contribution in [0.4, 0.5) is 11.4 Å². The van der Waals surface area contributed by atoms with E-state index >= 15 is 0 Å². The second-order valence-corrected chi connectivity index (χ2v) is 12.3. The number of carbonyl (C=O) groups is 5. The van der Waals surface area contributed by atoms with Gasteiger partial charge in [-0.25, -0.2) is 0 Å². The summed E-state index contributed by atoms with van der Waals surface area (Å²) in [6.45, 7) is 8.63. The van der Waals surface area contributed by atoms with Gasteiger partial charge < -0.3 is 24.6 Å². The van der Waals surface area contributed by atoms with Crippen LogP contribution in [0.3, 0.4) is 0 Å². The van der Waals surface area contributed by atoms with Gasteiger partial charge in [0.1, 0.15) is 11.6 Å². The van der Waals surface area contributed by atoms with Crippen LogP contribution >= 0.6 is 0 Å². The molecule has 1 aliphatic heterocycles. The summed E-state index contributed by atoms with van der Waals surface area (Å²) in [5, 5.41) is 7.67. The van der Waals surface area contributed by atoms with Crippen LogP contribution in [0, 0.1) is 6.92 Å². The number of carbonyl (C=O) groups excluding carboxylic acids is 5. The van der Waals surface area contributed by atoms with Crippen molar-refractivity contribution in [3.63, 3.8) is 0 Å². The standard InChI is InChI=1S/C35H42N4O7/c1-22-15-16-24-11-7-8-12-25(24)26(22)20-39-29-14-10-9-13-28(29)38(30(40)17-18-31(41)45-6)21-27(34(39)44)37-33(43)23(2)36-19-32(42)46-35(3,4)5/h7-16,23,27,36H,17-21H2,1-6H3,(H,37,43)/t23-,27-/m0/s1. The first-order valence-corrected chi connectivity index (χ1v) is 15.3. The van der Waals surface area contributed by atoms with Crippen molar-refractivity contribution in [3.8, 4) is 0 Å². The zero-order valence-corrected chi connectivity index (χ0v) is 27.2. The number of esters is 2. The highest BCUT2D eigenvalue weighted by molar-refractivity contribution is 6.08. The fourth-order valence-corrected chi connectivity index (χ4v) is 5.36. The molecule has 0 saturated carbocycles. The molecule has 244 valence electrons. The van der Waals surface area contributed by atoms with E-state index in [2.05, 4.69) is 10.6 Å². The topological polar surface area (TPSA) is 134 Å². The van der Waals surface area contributed by atoms with E-state index in [1.807, 2.05) is 43.3 Å². The molecule has 4 rings (SSSR count). The van der Waals surface area contributed by atoms with Crippen molar-refractivity contribution in [3.05, 3.63) is 71.8 Å². The number of hydrogen-bond donors (Lipinski definition) is 2. The summed E-state index contributed by atoms with van der Waals surface area (Å²) >= 11 is 0. The number of rotatable bonds is 10.